The van der Waals surface area contributed by atoms with E-state index in [-0.39, 0.29) is 12.0 Å². The van der Waals surface area contributed by atoms with Crippen LogP contribution in [0.5, 0.6) is 5.75 Å². The molecule has 2 unspecified atom stereocenters. The van der Waals surface area contributed by atoms with Gasteiger partial charge in [-0.3, -0.25) is 11.3 Å². The summed E-state index contributed by atoms with van der Waals surface area (Å²) in [4.78, 5) is 0. The highest BCUT2D eigenvalue weighted by molar-refractivity contribution is 9.10. The second kappa shape index (κ2) is 5.51. The highest BCUT2D eigenvalue weighted by Crippen LogP contribution is 2.34. The molecule has 0 spiro atoms. The quantitative estimate of drug-likeness (QED) is 0.652. The molecule has 2 aromatic rings. The number of halogens is 1. The standard InChI is InChI=1S/C13H16BrN5O/c1-19-12(13(14)17-18-19)11(16-15)9-6-8-4-2-3-5-10(8)20-7-9/h2-5,9,11,16H,6-7,15H2,1H3. The third-order valence-electron chi connectivity index (χ3n) is 3.68. The van der Waals surface area contributed by atoms with Crippen LogP contribution in [0.25, 0.3) is 0 Å². The van der Waals surface area contributed by atoms with Crippen molar-refractivity contribution in [3.05, 3.63) is 40.1 Å². The van der Waals surface area contributed by atoms with Gasteiger partial charge in [0, 0.05) is 13.0 Å². The van der Waals surface area contributed by atoms with E-state index in [1.54, 1.807) is 4.68 Å². The van der Waals surface area contributed by atoms with Gasteiger partial charge in [0.05, 0.1) is 18.3 Å². The number of para-hydroxylation sites is 1. The Bertz CT molecular complexity index is 595. The van der Waals surface area contributed by atoms with E-state index < -0.39 is 0 Å². The Kier molecular flexibility index (Phi) is 3.73. The number of nitrogens with two attached hydrogens (primary N) is 1. The summed E-state index contributed by atoms with van der Waals surface area (Å²) in [6.07, 6.45) is 0.905. The van der Waals surface area contributed by atoms with E-state index >= 15 is 0 Å². The van der Waals surface area contributed by atoms with Crippen LogP contribution in [0.1, 0.15) is 17.3 Å². The number of ether oxygens (including phenoxy) is 1. The number of fused-ring (bicyclic) bond motifs is 1. The van der Waals surface area contributed by atoms with Crippen molar-refractivity contribution >= 4 is 15.9 Å². The van der Waals surface area contributed by atoms with Gasteiger partial charge in [0.1, 0.15) is 5.75 Å². The van der Waals surface area contributed by atoms with Crippen molar-refractivity contribution in [3.8, 4) is 5.75 Å². The highest BCUT2D eigenvalue weighted by Gasteiger charge is 2.31. The Balaban J connectivity index is 1.89. The largest absolute Gasteiger partial charge is 0.493 e. The van der Waals surface area contributed by atoms with Crippen molar-refractivity contribution < 1.29 is 4.74 Å². The SMILES string of the molecule is Cn1nnc(Br)c1C(NN)C1COc2ccccc2C1. The van der Waals surface area contributed by atoms with Crippen LogP contribution in [-0.4, -0.2) is 21.6 Å². The third-order valence-corrected chi connectivity index (χ3v) is 4.24. The molecular weight excluding hydrogens is 322 g/mol. The molecule has 3 rings (SSSR count). The van der Waals surface area contributed by atoms with E-state index in [0.717, 1.165) is 17.9 Å². The molecule has 0 aliphatic carbocycles. The Morgan fingerprint density at radius 2 is 2.30 bits per heavy atom. The molecule has 0 amide bonds. The first-order valence-corrected chi connectivity index (χ1v) is 7.22. The van der Waals surface area contributed by atoms with Gasteiger partial charge in [-0.15, -0.1) is 5.10 Å². The number of benzene rings is 1. The lowest BCUT2D eigenvalue weighted by Crippen LogP contribution is -2.39. The van der Waals surface area contributed by atoms with Gasteiger partial charge >= 0.3 is 0 Å². The molecule has 1 aromatic carbocycles. The number of aryl methyl sites for hydroxylation is 1. The fourth-order valence-electron chi connectivity index (χ4n) is 2.67. The predicted molar refractivity (Wildman–Crippen MR) is 77.9 cm³/mol. The molecular formula is C13H16BrN5O. The zero-order valence-corrected chi connectivity index (χ0v) is 12.7. The lowest BCUT2D eigenvalue weighted by Gasteiger charge is -2.31. The fraction of sp³-hybridized carbons (Fsp3) is 0.385. The van der Waals surface area contributed by atoms with Gasteiger partial charge in [-0.1, -0.05) is 23.4 Å². The van der Waals surface area contributed by atoms with Gasteiger partial charge in [0.25, 0.3) is 0 Å². The number of nitrogens with one attached hydrogen (secondary N) is 1. The molecule has 7 heteroatoms. The maximum absolute atomic E-state index is 5.84. The first-order valence-electron chi connectivity index (χ1n) is 6.42. The third kappa shape index (κ3) is 2.32. The smallest absolute Gasteiger partial charge is 0.153 e. The molecule has 0 bridgehead atoms. The van der Waals surface area contributed by atoms with Crippen LogP contribution in [0.15, 0.2) is 28.9 Å². The molecule has 2 atom stereocenters. The Morgan fingerprint density at radius 3 is 3.00 bits per heavy atom. The number of rotatable bonds is 3. The Morgan fingerprint density at radius 1 is 1.50 bits per heavy atom. The summed E-state index contributed by atoms with van der Waals surface area (Å²) >= 11 is 3.43. The zero-order valence-electron chi connectivity index (χ0n) is 11.1. The number of hydrazine groups is 1. The van der Waals surface area contributed by atoms with Crippen LogP contribution >= 0.6 is 15.9 Å². The van der Waals surface area contributed by atoms with Gasteiger partial charge in [0.15, 0.2) is 4.60 Å². The van der Waals surface area contributed by atoms with Crippen molar-refractivity contribution in [3.63, 3.8) is 0 Å². The van der Waals surface area contributed by atoms with E-state index in [9.17, 15) is 0 Å². The molecule has 1 aliphatic heterocycles. The van der Waals surface area contributed by atoms with Gasteiger partial charge in [-0.05, 0) is 34.0 Å². The lowest BCUT2D eigenvalue weighted by atomic mass is 9.89. The lowest BCUT2D eigenvalue weighted by molar-refractivity contribution is 0.181. The van der Waals surface area contributed by atoms with Crippen molar-refractivity contribution in [1.82, 2.24) is 20.4 Å². The minimum absolute atomic E-state index is 0.0715. The molecule has 3 N–H and O–H groups in total. The molecule has 0 fully saturated rings. The van der Waals surface area contributed by atoms with E-state index in [4.69, 9.17) is 10.6 Å². The van der Waals surface area contributed by atoms with Gasteiger partial charge in [-0.2, -0.15) is 0 Å². The summed E-state index contributed by atoms with van der Waals surface area (Å²) < 4.78 is 8.28. The summed E-state index contributed by atoms with van der Waals surface area (Å²) in [5.41, 5.74) is 5.01. The Hall–Kier alpha value is -1.44. The second-order valence-electron chi connectivity index (χ2n) is 4.92. The molecule has 6 nitrogen and oxygen atoms in total. The minimum atomic E-state index is -0.0715. The van der Waals surface area contributed by atoms with Gasteiger partial charge < -0.3 is 4.74 Å². The first-order chi connectivity index (χ1) is 9.70. The zero-order chi connectivity index (χ0) is 14.1. The summed E-state index contributed by atoms with van der Waals surface area (Å²) in [5, 5.41) is 8.02. The number of hydrogen-bond donors (Lipinski definition) is 2. The molecule has 0 saturated carbocycles. The Labute approximate surface area is 125 Å². The van der Waals surface area contributed by atoms with Crippen LogP contribution in [0, 0.1) is 5.92 Å². The minimum Gasteiger partial charge on any atom is -0.493 e. The van der Waals surface area contributed by atoms with Gasteiger partial charge in [0.2, 0.25) is 0 Å². The first kappa shape index (κ1) is 13.5. The topological polar surface area (TPSA) is 78.0 Å². The van der Waals surface area contributed by atoms with Gasteiger partial charge in [-0.25, -0.2) is 4.68 Å². The van der Waals surface area contributed by atoms with Crippen molar-refractivity contribution in [1.29, 1.82) is 0 Å². The fourth-order valence-corrected chi connectivity index (χ4v) is 3.25. The van der Waals surface area contributed by atoms with Crippen LogP contribution in [0.2, 0.25) is 0 Å². The summed E-state index contributed by atoms with van der Waals surface area (Å²) in [6, 6.07) is 8.03. The van der Waals surface area contributed by atoms with Crippen molar-refractivity contribution in [2.45, 2.75) is 12.5 Å². The molecule has 1 aromatic heterocycles. The predicted octanol–water partition coefficient (Wildman–Crippen LogP) is 1.33. The summed E-state index contributed by atoms with van der Waals surface area (Å²) in [6.45, 7) is 0.615. The molecule has 0 saturated heterocycles. The molecule has 0 radical (unpaired) electrons. The maximum atomic E-state index is 5.84. The van der Waals surface area contributed by atoms with Crippen molar-refractivity contribution in [2.24, 2.45) is 18.8 Å². The normalized spacial score (nSPS) is 19.2. The average Bonchev–Trinajstić information content (AvgIpc) is 2.80. The van der Waals surface area contributed by atoms with Crippen LogP contribution in [0.3, 0.4) is 0 Å². The van der Waals surface area contributed by atoms with E-state index in [0.29, 0.717) is 11.2 Å². The van der Waals surface area contributed by atoms with Crippen LogP contribution < -0.4 is 16.0 Å². The summed E-state index contributed by atoms with van der Waals surface area (Å²) in [5.74, 6) is 6.94. The van der Waals surface area contributed by atoms with E-state index in [1.165, 1.54) is 5.56 Å². The summed E-state index contributed by atoms with van der Waals surface area (Å²) in [7, 11) is 1.86. The van der Waals surface area contributed by atoms with E-state index in [2.05, 4.69) is 37.7 Å². The van der Waals surface area contributed by atoms with Crippen LogP contribution in [0.4, 0.5) is 0 Å². The molecule has 20 heavy (non-hydrogen) atoms. The maximum Gasteiger partial charge on any atom is 0.153 e. The molecule has 2 heterocycles. The van der Waals surface area contributed by atoms with E-state index in [1.807, 2.05) is 25.2 Å². The number of aromatic nitrogens is 3. The number of nitrogens with zero attached hydrogens (tertiary/aromatic N) is 3. The molecule has 1 aliphatic rings. The van der Waals surface area contributed by atoms with Crippen molar-refractivity contribution in [2.75, 3.05) is 6.61 Å². The number of hydrogen-bond acceptors (Lipinski definition) is 5. The second-order valence-corrected chi connectivity index (χ2v) is 5.67. The molecule has 106 valence electrons. The van der Waals surface area contributed by atoms with Crippen LogP contribution in [-0.2, 0) is 13.5 Å². The average molecular weight is 338 g/mol. The highest BCUT2D eigenvalue weighted by atomic mass is 79.9. The monoisotopic (exact) mass is 337 g/mol.